The van der Waals surface area contributed by atoms with Gasteiger partial charge in [-0.2, -0.15) is 0 Å². The molecule has 5 heteroatoms. The van der Waals surface area contributed by atoms with E-state index in [4.69, 9.17) is 4.74 Å². The van der Waals surface area contributed by atoms with Crippen molar-refractivity contribution in [1.29, 1.82) is 0 Å². The Morgan fingerprint density at radius 1 is 1.18 bits per heavy atom. The Morgan fingerprint density at radius 2 is 1.82 bits per heavy atom. The molecule has 1 N–H and O–H groups in total. The number of hydrogen-bond donors (Lipinski definition) is 1. The number of benzene rings is 2. The van der Waals surface area contributed by atoms with E-state index in [0.717, 1.165) is 28.7 Å². The molecule has 0 radical (unpaired) electrons. The van der Waals surface area contributed by atoms with Gasteiger partial charge in [-0.25, -0.2) is 0 Å². The third kappa shape index (κ3) is 4.26. The summed E-state index contributed by atoms with van der Waals surface area (Å²) in [7, 11) is 1.61. The number of ether oxygens (including phenoxy) is 1. The maximum atomic E-state index is 13.3. The Kier molecular flexibility index (Phi) is 6.46. The summed E-state index contributed by atoms with van der Waals surface area (Å²) in [6.45, 7) is 8.51. The minimum atomic E-state index is -0.207. The van der Waals surface area contributed by atoms with E-state index in [2.05, 4.69) is 52.1 Å². The van der Waals surface area contributed by atoms with Gasteiger partial charge >= 0.3 is 0 Å². The van der Waals surface area contributed by atoms with Gasteiger partial charge in [-0.15, -0.1) is 0 Å². The summed E-state index contributed by atoms with van der Waals surface area (Å²) in [5.74, 6) is 0.494. The second-order valence-electron chi connectivity index (χ2n) is 7.97. The lowest BCUT2D eigenvalue weighted by atomic mass is 9.86. The molecule has 2 aromatic carbocycles. The average Bonchev–Trinajstić information content (AvgIpc) is 3.21. The second kappa shape index (κ2) is 8.66. The highest BCUT2D eigenvalue weighted by molar-refractivity contribution is 9.10. The Labute approximate surface area is 176 Å². The number of aryl methyl sites for hydroxylation is 1. The van der Waals surface area contributed by atoms with E-state index in [0.29, 0.717) is 11.3 Å². The number of hydrogen-bond acceptors (Lipinski definition) is 3. The van der Waals surface area contributed by atoms with E-state index < -0.39 is 0 Å². The van der Waals surface area contributed by atoms with Gasteiger partial charge in [-0.1, -0.05) is 46.3 Å². The zero-order valence-electron chi connectivity index (χ0n) is 17.1. The fraction of sp³-hybridized carbons (Fsp3) is 0.435. The van der Waals surface area contributed by atoms with Crippen molar-refractivity contribution in [2.75, 3.05) is 20.2 Å². The molecular weight excluding hydrogens is 416 g/mol. The number of likely N-dealkylation sites (tertiary alicyclic amines) is 1. The molecule has 150 valence electrons. The van der Waals surface area contributed by atoms with Gasteiger partial charge in [0, 0.05) is 10.0 Å². The summed E-state index contributed by atoms with van der Waals surface area (Å²) in [5.41, 5.74) is 2.38. The van der Waals surface area contributed by atoms with Gasteiger partial charge in [0.2, 0.25) is 0 Å². The van der Waals surface area contributed by atoms with Gasteiger partial charge in [0.15, 0.2) is 0 Å². The number of amides is 1. The maximum absolute atomic E-state index is 13.3. The Bertz CT molecular complexity index is 830. The van der Waals surface area contributed by atoms with Crippen LogP contribution in [0.3, 0.4) is 0 Å². The lowest BCUT2D eigenvalue weighted by molar-refractivity contribution is 0.0776. The van der Waals surface area contributed by atoms with Gasteiger partial charge < -0.3 is 10.1 Å². The lowest BCUT2D eigenvalue weighted by Crippen LogP contribution is -2.52. The molecule has 1 aliphatic heterocycles. The summed E-state index contributed by atoms with van der Waals surface area (Å²) in [4.78, 5) is 15.8. The molecule has 1 fully saturated rings. The van der Waals surface area contributed by atoms with Crippen LogP contribution < -0.4 is 10.1 Å². The van der Waals surface area contributed by atoms with Crippen LogP contribution in [0.2, 0.25) is 0 Å². The predicted molar refractivity (Wildman–Crippen MR) is 117 cm³/mol. The van der Waals surface area contributed by atoms with Crippen LogP contribution in [0.25, 0.3) is 0 Å². The summed E-state index contributed by atoms with van der Waals surface area (Å²) in [6.07, 6.45) is 2.41. The van der Waals surface area contributed by atoms with Gasteiger partial charge in [-0.05, 0) is 70.0 Å². The SMILES string of the molecule is COc1c(C)cc(Br)cc1C(=O)NC(c1ccccc1)C(C)(C)N1CCCC1. The molecule has 1 unspecified atom stereocenters. The number of halogens is 1. The summed E-state index contributed by atoms with van der Waals surface area (Å²) in [6, 6.07) is 13.9. The number of nitrogens with zero attached hydrogens (tertiary/aromatic N) is 1. The summed E-state index contributed by atoms with van der Waals surface area (Å²) >= 11 is 3.51. The van der Waals surface area contributed by atoms with Crippen molar-refractivity contribution in [1.82, 2.24) is 10.2 Å². The van der Waals surface area contributed by atoms with E-state index in [-0.39, 0.29) is 17.5 Å². The third-order valence-electron chi connectivity index (χ3n) is 5.72. The Hall–Kier alpha value is -1.85. The molecule has 28 heavy (non-hydrogen) atoms. The van der Waals surface area contributed by atoms with Crippen LogP contribution in [0.4, 0.5) is 0 Å². The van der Waals surface area contributed by atoms with E-state index >= 15 is 0 Å². The molecule has 1 aliphatic rings. The zero-order chi connectivity index (χ0) is 20.3. The van der Waals surface area contributed by atoms with E-state index in [1.54, 1.807) is 7.11 Å². The first kappa shape index (κ1) is 20.9. The summed E-state index contributed by atoms with van der Waals surface area (Å²) in [5, 5.41) is 3.31. The van der Waals surface area contributed by atoms with Gasteiger partial charge in [0.25, 0.3) is 5.91 Å². The fourth-order valence-electron chi connectivity index (χ4n) is 4.17. The molecule has 1 amide bonds. The van der Waals surface area contributed by atoms with Crippen molar-refractivity contribution < 1.29 is 9.53 Å². The zero-order valence-corrected chi connectivity index (χ0v) is 18.7. The standard InChI is InChI=1S/C23H29BrN2O2/c1-16-14-18(24)15-19(20(16)28-4)22(27)25-21(17-10-6-5-7-11-17)23(2,3)26-12-8-9-13-26/h5-7,10-11,14-15,21H,8-9,12-13H2,1-4H3,(H,25,27). The highest BCUT2D eigenvalue weighted by Crippen LogP contribution is 2.35. The predicted octanol–water partition coefficient (Wildman–Crippen LogP) is 5.11. The van der Waals surface area contributed by atoms with Crippen molar-refractivity contribution >= 4 is 21.8 Å². The number of rotatable bonds is 6. The van der Waals surface area contributed by atoms with Crippen molar-refractivity contribution in [3.8, 4) is 5.75 Å². The van der Waals surface area contributed by atoms with Crippen molar-refractivity contribution in [2.24, 2.45) is 0 Å². The Morgan fingerprint density at radius 3 is 2.43 bits per heavy atom. The molecule has 0 spiro atoms. The summed E-state index contributed by atoms with van der Waals surface area (Å²) < 4.78 is 6.40. The molecule has 2 aromatic rings. The minimum Gasteiger partial charge on any atom is -0.496 e. The van der Waals surface area contributed by atoms with Gasteiger partial charge in [-0.3, -0.25) is 9.69 Å². The molecule has 0 bridgehead atoms. The topological polar surface area (TPSA) is 41.6 Å². The maximum Gasteiger partial charge on any atom is 0.255 e. The Balaban J connectivity index is 1.97. The second-order valence-corrected chi connectivity index (χ2v) is 8.88. The highest BCUT2D eigenvalue weighted by Gasteiger charge is 2.39. The molecular formula is C23H29BrN2O2. The molecule has 0 aromatic heterocycles. The lowest BCUT2D eigenvalue weighted by Gasteiger charge is -2.42. The molecule has 1 atom stereocenters. The van der Waals surface area contributed by atoms with Crippen LogP contribution in [-0.2, 0) is 0 Å². The smallest absolute Gasteiger partial charge is 0.255 e. The monoisotopic (exact) mass is 444 g/mol. The molecule has 1 heterocycles. The normalized spacial score (nSPS) is 16.0. The molecule has 0 saturated carbocycles. The fourth-order valence-corrected chi connectivity index (χ4v) is 4.74. The first-order valence-electron chi connectivity index (χ1n) is 9.79. The van der Waals surface area contributed by atoms with Crippen LogP contribution in [0, 0.1) is 6.92 Å². The largest absolute Gasteiger partial charge is 0.496 e. The van der Waals surface area contributed by atoms with E-state index in [1.807, 2.05) is 37.3 Å². The minimum absolute atomic E-state index is 0.123. The van der Waals surface area contributed by atoms with Crippen LogP contribution in [-0.4, -0.2) is 36.5 Å². The van der Waals surface area contributed by atoms with Crippen molar-refractivity contribution in [2.45, 2.75) is 45.2 Å². The third-order valence-corrected chi connectivity index (χ3v) is 6.18. The quantitative estimate of drug-likeness (QED) is 0.672. The van der Waals surface area contributed by atoms with Crippen molar-refractivity contribution in [3.05, 3.63) is 63.6 Å². The van der Waals surface area contributed by atoms with Crippen LogP contribution in [0.5, 0.6) is 5.75 Å². The van der Waals surface area contributed by atoms with Gasteiger partial charge in [0.1, 0.15) is 5.75 Å². The van der Waals surface area contributed by atoms with E-state index in [1.165, 1.54) is 12.8 Å². The van der Waals surface area contributed by atoms with Crippen LogP contribution >= 0.6 is 15.9 Å². The first-order chi connectivity index (χ1) is 13.3. The van der Waals surface area contributed by atoms with Crippen LogP contribution in [0.1, 0.15) is 54.2 Å². The highest BCUT2D eigenvalue weighted by atomic mass is 79.9. The number of carbonyl (C=O) groups is 1. The van der Waals surface area contributed by atoms with E-state index in [9.17, 15) is 4.79 Å². The molecule has 4 nitrogen and oxygen atoms in total. The first-order valence-corrected chi connectivity index (χ1v) is 10.6. The van der Waals surface area contributed by atoms with Crippen molar-refractivity contribution in [3.63, 3.8) is 0 Å². The molecule has 0 aliphatic carbocycles. The average molecular weight is 445 g/mol. The number of carbonyl (C=O) groups excluding carboxylic acids is 1. The van der Waals surface area contributed by atoms with Gasteiger partial charge in [0.05, 0.1) is 18.7 Å². The number of methoxy groups -OCH3 is 1. The molecule has 1 saturated heterocycles. The molecule has 3 rings (SSSR count). The number of nitrogens with one attached hydrogen (secondary N) is 1. The van der Waals surface area contributed by atoms with Crippen LogP contribution in [0.15, 0.2) is 46.9 Å².